The molecule has 154 valence electrons. The Kier molecular flexibility index (Phi) is 5.52. The fraction of sp³-hybridized carbons (Fsp3) is 0.300. The van der Waals surface area contributed by atoms with Crippen molar-refractivity contribution in [2.45, 2.75) is 25.9 Å². The molecule has 1 aliphatic rings. The molecule has 3 N–H and O–H groups in total. The van der Waals surface area contributed by atoms with Gasteiger partial charge in [0.25, 0.3) is 0 Å². The lowest BCUT2D eigenvalue weighted by Crippen LogP contribution is -3.11. The Bertz CT molecular complexity index is 959. The molecule has 2 aromatic carbocycles. The number of quaternary nitrogens is 1. The van der Waals surface area contributed by atoms with Crippen LogP contribution in [0.3, 0.4) is 0 Å². The van der Waals surface area contributed by atoms with Crippen molar-refractivity contribution in [1.29, 1.82) is 0 Å². The van der Waals surface area contributed by atoms with Crippen LogP contribution in [-0.4, -0.2) is 32.1 Å². The highest BCUT2D eigenvalue weighted by molar-refractivity contribution is 5.95. The molecule has 1 heterocycles. The van der Waals surface area contributed by atoms with Crippen molar-refractivity contribution in [2.24, 2.45) is 0 Å². The summed E-state index contributed by atoms with van der Waals surface area (Å²) in [5.74, 6) is -2.17. The number of carbonyl (C=O) groups excluding carboxylic acids is 2. The van der Waals surface area contributed by atoms with E-state index in [4.69, 9.17) is 0 Å². The first kappa shape index (κ1) is 20.7. The number of hydrogen-bond donors (Lipinski definition) is 3. The molecule has 2 aromatic rings. The van der Waals surface area contributed by atoms with Crippen LogP contribution in [0.1, 0.15) is 18.1 Å². The van der Waals surface area contributed by atoms with Crippen LogP contribution in [0.5, 0.6) is 0 Å². The minimum Gasteiger partial charge on any atom is -0.326 e. The number of halogens is 3. The fourth-order valence-electron chi connectivity index (χ4n) is 3.41. The van der Waals surface area contributed by atoms with E-state index in [-0.39, 0.29) is 11.6 Å². The number of alkyl halides is 3. The zero-order valence-corrected chi connectivity index (χ0v) is 16.3. The van der Waals surface area contributed by atoms with Crippen LogP contribution >= 0.6 is 0 Å². The summed E-state index contributed by atoms with van der Waals surface area (Å²) in [7, 11) is 3.73. The van der Waals surface area contributed by atoms with E-state index in [2.05, 4.69) is 5.32 Å². The summed E-state index contributed by atoms with van der Waals surface area (Å²) < 4.78 is 37.7. The minimum absolute atomic E-state index is 0.0895. The predicted octanol–water partition coefficient (Wildman–Crippen LogP) is 2.44. The first-order chi connectivity index (χ1) is 13.6. The summed E-state index contributed by atoms with van der Waals surface area (Å²) in [4.78, 5) is 22.6. The Hall–Kier alpha value is -3.07. The smallest absolute Gasteiger partial charge is 0.326 e. The summed E-state index contributed by atoms with van der Waals surface area (Å²) in [6.07, 6.45) is -3.52. The van der Waals surface area contributed by atoms with Crippen LogP contribution in [0.15, 0.2) is 36.4 Å². The number of amides is 2. The van der Waals surface area contributed by atoms with Crippen LogP contribution in [0.25, 0.3) is 0 Å². The highest BCUT2D eigenvalue weighted by Crippen LogP contribution is 2.29. The molecule has 1 aliphatic heterocycles. The molecule has 6 nitrogen and oxygen atoms in total. The molecule has 0 saturated heterocycles. The zero-order chi connectivity index (χ0) is 21.3. The Morgan fingerprint density at radius 3 is 2.21 bits per heavy atom. The Balaban J connectivity index is 1.94. The number of carbonyl (C=O) groups is 2. The van der Waals surface area contributed by atoms with Gasteiger partial charge in [-0.2, -0.15) is 13.2 Å². The first-order valence-corrected chi connectivity index (χ1v) is 9.05. The van der Waals surface area contributed by atoms with E-state index in [0.717, 1.165) is 33.9 Å². The van der Waals surface area contributed by atoms with Gasteiger partial charge in [-0.25, -0.2) is 10.0 Å². The lowest BCUT2D eigenvalue weighted by Gasteiger charge is -2.31. The topological polar surface area (TPSA) is 65.9 Å². The molecule has 0 saturated carbocycles. The average molecular weight is 407 g/mol. The lowest BCUT2D eigenvalue weighted by atomic mass is 9.99. The highest BCUT2D eigenvalue weighted by atomic mass is 19.4. The van der Waals surface area contributed by atoms with Gasteiger partial charge in [-0.15, -0.1) is 0 Å². The molecular weight excluding hydrogens is 385 g/mol. The molecule has 1 atom stereocenters. The molecule has 1 unspecified atom stereocenters. The SMILES string of the molecule is CC(=O)Nc1ccc2c(c1)N(C)[NH+](C)c1cc(NC(=O)C(F)(F)F)ccc1CC2. The minimum atomic E-state index is -4.95. The number of fused-ring (bicyclic) bond motifs is 2. The van der Waals surface area contributed by atoms with Crippen molar-refractivity contribution in [3.05, 3.63) is 47.5 Å². The van der Waals surface area contributed by atoms with Crippen molar-refractivity contribution in [2.75, 3.05) is 29.7 Å². The van der Waals surface area contributed by atoms with Gasteiger partial charge in [0, 0.05) is 29.9 Å². The largest absolute Gasteiger partial charge is 0.471 e. The number of benzene rings is 2. The molecule has 3 rings (SSSR count). The van der Waals surface area contributed by atoms with Crippen molar-refractivity contribution in [1.82, 2.24) is 0 Å². The van der Waals surface area contributed by atoms with E-state index in [1.54, 1.807) is 12.1 Å². The molecular formula is C20H22F3N4O2+. The molecule has 2 amide bonds. The Labute approximate surface area is 166 Å². The second-order valence-electron chi connectivity index (χ2n) is 6.99. The van der Waals surface area contributed by atoms with E-state index in [1.165, 1.54) is 13.0 Å². The summed E-state index contributed by atoms with van der Waals surface area (Å²) >= 11 is 0. The number of anilines is 3. The molecule has 0 bridgehead atoms. The quantitative estimate of drug-likeness (QED) is 0.717. The van der Waals surface area contributed by atoms with Gasteiger partial charge in [-0.05, 0) is 36.6 Å². The maximum absolute atomic E-state index is 12.6. The molecule has 0 spiro atoms. The van der Waals surface area contributed by atoms with Gasteiger partial charge in [-0.3, -0.25) is 9.59 Å². The van der Waals surface area contributed by atoms with Crippen molar-refractivity contribution < 1.29 is 27.8 Å². The molecule has 0 radical (unpaired) electrons. The van der Waals surface area contributed by atoms with E-state index in [9.17, 15) is 22.8 Å². The molecule has 0 aliphatic carbocycles. The maximum Gasteiger partial charge on any atom is 0.471 e. The van der Waals surface area contributed by atoms with E-state index in [1.807, 2.05) is 42.6 Å². The number of hydrogen-bond acceptors (Lipinski definition) is 3. The van der Waals surface area contributed by atoms with E-state index < -0.39 is 12.1 Å². The van der Waals surface area contributed by atoms with Gasteiger partial charge in [-0.1, -0.05) is 12.1 Å². The summed E-state index contributed by atoms with van der Waals surface area (Å²) in [5, 5.41) is 7.43. The van der Waals surface area contributed by atoms with E-state index >= 15 is 0 Å². The van der Waals surface area contributed by atoms with Gasteiger partial charge in [0.2, 0.25) is 5.91 Å². The third kappa shape index (κ3) is 4.51. The standard InChI is InChI=1S/C20H21F3N4O2/c1-12(28)24-15-8-6-13-4-5-14-7-9-16(25-19(29)20(21,22)23)11-18(14)27(3)26(2)17(13)10-15/h6-11H,4-5H2,1-3H3,(H,24,28)(H,25,29)/p+1. The monoisotopic (exact) mass is 407 g/mol. The summed E-state index contributed by atoms with van der Waals surface area (Å²) in [5.41, 5.74) is 4.51. The van der Waals surface area contributed by atoms with Gasteiger partial charge in [0.05, 0.1) is 19.8 Å². The summed E-state index contributed by atoms with van der Waals surface area (Å²) in [6, 6.07) is 10.5. The third-order valence-corrected chi connectivity index (χ3v) is 4.95. The number of nitrogens with one attached hydrogen (secondary N) is 3. The summed E-state index contributed by atoms with van der Waals surface area (Å²) in [6.45, 7) is 1.44. The van der Waals surface area contributed by atoms with Gasteiger partial charge >= 0.3 is 12.1 Å². The molecule has 0 aromatic heterocycles. The average Bonchev–Trinajstić information content (AvgIpc) is 2.64. The lowest BCUT2D eigenvalue weighted by molar-refractivity contribution is -0.818. The van der Waals surface area contributed by atoms with Gasteiger partial charge in [0.1, 0.15) is 0 Å². The normalized spacial score (nSPS) is 16.2. The number of nitrogens with zero attached hydrogens (tertiary/aromatic N) is 1. The second-order valence-corrected chi connectivity index (χ2v) is 6.99. The fourth-order valence-corrected chi connectivity index (χ4v) is 3.41. The van der Waals surface area contributed by atoms with Crippen molar-refractivity contribution >= 4 is 34.6 Å². The van der Waals surface area contributed by atoms with Gasteiger partial charge in [0.15, 0.2) is 5.69 Å². The molecule has 29 heavy (non-hydrogen) atoms. The Morgan fingerprint density at radius 2 is 1.59 bits per heavy atom. The highest BCUT2D eigenvalue weighted by Gasteiger charge is 2.39. The number of aryl methyl sites for hydroxylation is 2. The van der Waals surface area contributed by atoms with Crippen molar-refractivity contribution in [3.8, 4) is 0 Å². The van der Waals surface area contributed by atoms with Crippen LogP contribution in [0.4, 0.5) is 35.9 Å². The van der Waals surface area contributed by atoms with Crippen molar-refractivity contribution in [3.63, 3.8) is 0 Å². The third-order valence-electron chi connectivity index (χ3n) is 4.95. The van der Waals surface area contributed by atoms with Crippen LogP contribution < -0.4 is 20.7 Å². The number of rotatable bonds is 2. The predicted molar refractivity (Wildman–Crippen MR) is 104 cm³/mol. The maximum atomic E-state index is 12.6. The first-order valence-electron chi connectivity index (χ1n) is 9.05. The van der Waals surface area contributed by atoms with Crippen LogP contribution in [-0.2, 0) is 22.4 Å². The van der Waals surface area contributed by atoms with Crippen LogP contribution in [0, 0.1) is 0 Å². The molecule has 9 heteroatoms. The second kappa shape index (κ2) is 7.75. The van der Waals surface area contributed by atoms with Crippen LogP contribution in [0.2, 0.25) is 0 Å². The zero-order valence-electron chi connectivity index (χ0n) is 16.3. The Morgan fingerprint density at radius 1 is 1.00 bits per heavy atom. The van der Waals surface area contributed by atoms with Gasteiger partial charge < -0.3 is 10.6 Å². The van der Waals surface area contributed by atoms with E-state index in [0.29, 0.717) is 12.1 Å². The molecule has 0 fully saturated rings.